The molecule has 0 radical (unpaired) electrons. The van der Waals surface area contributed by atoms with Gasteiger partial charge in [0.05, 0.1) is 25.4 Å². The minimum atomic E-state index is -0.346. The molecular weight excluding hydrogens is 540 g/mol. The maximum absolute atomic E-state index is 13.3. The zero-order chi connectivity index (χ0) is 30.2. The van der Waals surface area contributed by atoms with Crippen molar-refractivity contribution in [3.63, 3.8) is 0 Å². The summed E-state index contributed by atoms with van der Waals surface area (Å²) in [7, 11) is 1.69. The molecule has 226 valence electrons. The zero-order valence-electron chi connectivity index (χ0n) is 25.6. The number of cyclic esters (lactones) is 1. The van der Waals surface area contributed by atoms with Crippen molar-refractivity contribution in [3.8, 4) is 16.9 Å². The highest BCUT2D eigenvalue weighted by Gasteiger charge is 2.40. The highest BCUT2D eigenvalue weighted by molar-refractivity contribution is 5.77. The molecule has 8 nitrogen and oxygen atoms in total. The average Bonchev–Trinajstić information content (AvgIpc) is 3.24. The number of methoxy groups -OCH3 is 1. The van der Waals surface area contributed by atoms with Gasteiger partial charge in [-0.1, -0.05) is 35.4 Å². The van der Waals surface area contributed by atoms with E-state index >= 15 is 0 Å². The second-order valence-corrected chi connectivity index (χ2v) is 12.5. The first-order valence-electron chi connectivity index (χ1n) is 15.5. The highest BCUT2D eigenvalue weighted by Crippen LogP contribution is 2.42. The third-order valence-electron chi connectivity index (χ3n) is 9.54. The highest BCUT2D eigenvalue weighted by atomic mass is 16.6. The number of aryl methyl sites for hydroxylation is 2. The van der Waals surface area contributed by atoms with E-state index in [2.05, 4.69) is 68.1 Å². The van der Waals surface area contributed by atoms with Crippen LogP contribution >= 0.6 is 0 Å². The number of ether oxygens (including phenoxy) is 2. The number of anilines is 1. The lowest BCUT2D eigenvalue weighted by Gasteiger charge is -2.33. The maximum atomic E-state index is 13.3. The number of nitrogens with two attached hydrogens (primary N) is 1. The van der Waals surface area contributed by atoms with Gasteiger partial charge < -0.3 is 20.1 Å². The van der Waals surface area contributed by atoms with Gasteiger partial charge in [0.15, 0.2) is 0 Å². The van der Waals surface area contributed by atoms with Crippen LogP contribution in [0.5, 0.6) is 5.75 Å². The van der Waals surface area contributed by atoms with Gasteiger partial charge in [-0.25, -0.2) is 9.78 Å². The number of primary amides is 1. The van der Waals surface area contributed by atoms with Crippen LogP contribution in [0.4, 0.5) is 10.6 Å². The van der Waals surface area contributed by atoms with Crippen molar-refractivity contribution < 1.29 is 19.1 Å². The van der Waals surface area contributed by atoms with Crippen LogP contribution in [0.15, 0.2) is 48.5 Å². The topological polar surface area (TPSA) is 98.0 Å². The average molecular weight is 583 g/mol. The van der Waals surface area contributed by atoms with Crippen LogP contribution in [0.1, 0.15) is 79.0 Å². The van der Waals surface area contributed by atoms with E-state index in [9.17, 15) is 9.59 Å². The summed E-state index contributed by atoms with van der Waals surface area (Å²) in [5.41, 5.74) is 12.9. The van der Waals surface area contributed by atoms with Gasteiger partial charge in [-0.15, -0.1) is 0 Å². The third-order valence-corrected chi connectivity index (χ3v) is 9.54. The Kier molecular flexibility index (Phi) is 8.03. The van der Waals surface area contributed by atoms with E-state index in [1.165, 1.54) is 5.56 Å². The van der Waals surface area contributed by atoms with Crippen LogP contribution in [-0.2, 0) is 16.1 Å². The molecule has 3 fully saturated rings. The van der Waals surface area contributed by atoms with E-state index in [-0.39, 0.29) is 30.1 Å². The van der Waals surface area contributed by atoms with Crippen LogP contribution in [0, 0.1) is 19.8 Å². The Hall–Kier alpha value is -4.07. The molecule has 2 amide bonds. The largest absolute Gasteiger partial charge is 0.496 e. The normalized spacial score (nSPS) is 23.6. The minimum Gasteiger partial charge on any atom is -0.496 e. The monoisotopic (exact) mass is 582 g/mol. The molecule has 2 unspecified atom stereocenters. The van der Waals surface area contributed by atoms with Gasteiger partial charge in [0, 0.05) is 30.1 Å². The summed E-state index contributed by atoms with van der Waals surface area (Å²) in [4.78, 5) is 34.3. The van der Waals surface area contributed by atoms with Crippen molar-refractivity contribution in [3.05, 3.63) is 76.5 Å². The van der Waals surface area contributed by atoms with Gasteiger partial charge in [-0.05, 0) is 94.2 Å². The van der Waals surface area contributed by atoms with Crippen LogP contribution < -0.4 is 15.4 Å². The fourth-order valence-electron chi connectivity index (χ4n) is 6.97. The van der Waals surface area contributed by atoms with Crippen molar-refractivity contribution >= 4 is 17.8 Å². The van der Waals surface area contributed by atoms with Crippen molar-refractivity contribution in [1.82, 2.24) is 9.88 Å². The molecule has 1 aromatic heterocycles. The number of hydrogen-bond donors (Lipinski definition) is 1. The summed E-state index contributed by atoms with van der Waals surface area (Å²) in [6.45, 7) is 8.48. The van der Waals surface area contributed by atoms with Crippen molar-refractivity contribution in [2.24, 2.45) is 11.7 Å². The second-order valence-electron chi connectivity index (χ2n) is 12.5. The number of pyridine rings is 1. The number of hydrogen-bond acceptors (Lipinski definition) is 6. The number of rotatable bonds is 8. The maximum Gasteiger partial charge on any atom is 0.411 e. The number of amides is 2. The first-order valence-corrected chi connectivity index (χ1v) is 15.5. The Morgan fingerprint density at radius 3 is 2.33 bits per heavy atom. The fourth-order valence-corrected chi connectivity index (χ4v) is 6.97. The predicted molar refractivity (Wildman–Crippen MR) is 167 cm³/mol. The van der Waals surface area contributed by atoms with Crippen LogP contribution in [0.25, 0.3) is 11.1 Å². The Bertz CT molecular complexity index is 1510. The van der Waals surface area contributed by atoms with Crippen LogP contribution in [0.3, 0.4) is 0 Å². The Morgan fingerprint density at radius 2 is 1.70 bits per heavy atom. The first kappa shape index (κ1) is 29.0. The van der Waals surface area contributed by atoms with Crippen molar-refractivity contribution in [2.45, 2.75) is 77.5 Å². The van der Waals surface area contributed by atoms with Gasteiger partial charge >= 0.3 is 6.09 Å². The van der Waals surface area contributed by atoms with E-state index in [1.54, 1.807) is 12.0 Å². The lowest BCUT2D eigenvalue weighted by molar-refractivity contribution is -0.122. The summed E-state index contributed by atoms with van der Waals surface area (Å²) in [5, 5.41) is 0. The van der Waals surface area contributed by atoms with Gasteiger partial charge in [-0.2, -0.15) is 0 Å². The van der Waals surface area contributed by atoms with Crippen molar-refractivity contribution in [1.29, 1.82) is 0 Å². The summed E-state index contributed by atoms with van der Waals surface area (Å²) >= 11 is 0. The molecule has 8 heteroatoms. The molecule has 43 heavy (non-hydrogen) atoms. The van der Waals surface area contributed by atoms with E-state index < -0.39 is 0 Å². The molecule has 6 rings (SSSR count). The quantitative estimate of drug-likeness (QED) is 0.329. The Morgan fingerprint density at radius 1 is 0.977 bits per heavy atom. The second kappa shape index (κ2) is 11.9. The van der Waals surface area contributed by atoms with Gasteiger partial charge in [0.2, 0.25) is 5.91 Å². The Labute approximate surface area is 254 Å². The molecule has 0 bridgehead atoms. The number of benzene rings is 2. The molecular formula is C35H42N4O4. The summed E-state index contributed by atoms with van der Waals surface area (Å²) in [5.74, 6) is 1.81. The molecule has 3 aromatic rings. The predicted octanol–water partition coefficient (Wildman–Crippen LogP) is 6.43. The molecule has 1 saturated carbocycles. The van der Waals surface area contributed by atoms with E-state index in [4.69, 9.17) is 20.2 Å². The van der Waals surface area contributed by atoms with E-state index in [0.717, 1.165) is 90.3 Å². The minimum absolute atomic E-state index is 0.0337. The lowest BCUT2D eigenvalue weighted by Crippen LogP contribution is -2.38. The van der Waals surface area contributed by atoms with E-state index in [0.29, 0.717) is 12.5 Å². The molecule has 3 aliphatic rings. The molecule has 2 saturated heterocycles. The number of aromatic nitrogens is 1. The number of carbonyl (C=O) groups excluding carboxylic acids is 2. The standard InChI is InChI=1S/C35H42N4O4/c1-21-16-22(2)18-27(17-21)33-23(3)39(35(41)43-33)20-30-28(11-13-32(37-30)38-14-5-15-38)29-19-26(10-12-31(29)42-4)24-6-8-25(9-7-24)34(36)40/h10-13,16-19,23-25,33H,5-9,14-15,20H2,1-4H3,(H2,36,40). The first-order chi connectivity index (χ1) is 20.7. The molecule has 2 aliphatic heterocycles. The fraction of sp³-hybridized carbons (Fsp3) is 0.457. The molecule has 2 atom stereocenters. The molecule has 3 heterocycles. The lowest BCUT2D eigenvalue weighted by atomic mass is 9.78. The van der Waals surface area contributed by atoms with Crippen LogP contribution in [0.2, 0.25) is 0 Å². The third kappa shape index (κ3) is 5.79. The number of carbonyl (C=O) groups is 2. The molecule has 2 N–H and O–H groups in total. The Balaban J connectivity index is 1.34. The van der Waals surface area contributed by atoms with Gasteiger partial charge in [0.25, 0.3) is 0 Å². The zero-order valence-corrected chi connectivity index (χ0v) is 25.6. The van der Waals surface area contributed by atoms with Crippen molar-refractivity contribution in [2.75, 3.05) is 25.1 Å². The van der Waals surface area contributed by atoms with Gasteiger partial charge in [-0.3, -0.25) is 9.69 Å². The van der Waals surface area contributed by atoms with E-state index in [1.807, 2.05) is 6.07 Å². The molecule has 2 aromatic carbocycles. The SMILES string of the molecule is COc1ccc(C2CCC(C(N)=O)CC2)cc1-c1ccc(N2CCC2)nc1CN1C(=O)OC(c2cc(C)cc(C)c2)C1C. The molecule has 0 spiro atoms. The van der Waals surface area contributed by atoms with Crippen LogP contribution in [-0.4, -0.2) is 48.1 Å². The summed E-state index contributed by atoms with van der Waals surface area (Å²) < 4.78 is 11.8. The molecule has 1 aliphatic carbocycles. The summed E-state index contributed by atoms with van der Waals surface area (Å²) in [6.07, 6.45) is 3.96. The number of nitrogens with zero attached hydrogens (tertiary/aromatic N) is 3. The summed E-state index contributed by atoms with van der Waals surface area (Å²) in [6, 6.07) is 16.7. The smallest absolute Gasteiger partial charge is 0.411 e. The van der Waals surface area contributed by atoms with Gasteiger partial charge in [0.1, 0.15) is 17.7 Å².